The number of nitrogens with zero attached hydrogens (tertiary/aromatic N) is 3. The molecular formula is C23H22F4N4OS. The second-order valence-corrected chi connectivity index (χ2v) is 8.91. The number of anilines is 2. The van der Waals surface area contributed by atoms with Gasteiger partial charge in [0.05, 0.1) is 22.6 Å². The molecule has 3 aromatic rings. The summed E-state index contributed by atoms with van der Waals surface area (Å²) < 4.78 is 53.3. The molecule has 174 valence electrons. The lowest BCUT2D eigenvalue weighted by Crippen LogP contribution is -2.44. The number of piperazine rings is 1. The van der Waals surface area contributed by atoms with E-state index in [4.69, 9.17) is 0 Å². The molecule has 1 aromatic heterocycles. The van der Waals surface area contributed by atoms with Gasteiger partial charge >= 0.3 is 6.18 Å². The van der Waals surface area contributed by atoms with Crippen molar-refractivity contribution in [2.24, 2.45) is 0 Å². The SMILES string of the molecule is Cc1nc(-c2ccc(F)cc2)sc1C(=O)Nc1cc(C(F)(F)F)ccc1N1CCN(C)CC1. The van der Waals surface area contributed by atoms with E-state index in [2.05, 4.69) is 15.2 Å². The number of aryl methyl sites for hydroxylation is 1. The minimum Gasteiger partial charge on any atom is -0.367 e. The number of amides is 1. The summed E-state index contributed by atoms with van der Waals surface area (Å²) in [4.78, 5) is 21.9. The molecule has 0 saturated carbocycles. The molecule has 4 rings (SSSR count). The summed E-state index contributed by atoms with van der Waals surface area (Å²) >= 11 is 1.11. The first-order valence-electron chi connectivity index (χ1n) is 10.3. The van der Waals surface area contributed by atoms with Gasteiger partial charge in [-0.25, -0.2) is 9.37 Å². The van der Waals surface area contributed by atoms with Crippen LogP contribution in [0.2, 0.25) is 0 Å². The van der Waals surface area contributed by atoms with Gasteiger partial charge in [0, 0.05) is 31.7 Å². The Bertz CT molecular complexity index is 1150. The molecule has 2 aromatic carbocycles. The third-order valence-electron chi connectivity index (χ3n) is 5.51. The number of halogens is 4. The van der Waals surface area contributed by atoms with Gasteiger partial charge in [-0.1, -0.05) is 0 Å². The molecular weight excluding hydrogens is 456 g/mol. The van der Waals surface area contributed by atoms with E-state index in [0.29, 0.717) is 35.0 Å². The highest BCUT2D eigenvalue weighted by molar-refractivity contribution is 7.17. The summed E-state index contributed by atoms with van der Waals surface area (Å²) in [6, 6.07) is 9.15. The van der Waals surface area contributed by atoms with Crippen molar-refractivity contribution in [3.63, 3.8) is 0 Å². The van der Waals surface area contributed by atoms with Gasteiger partial charge in [-0.3, -0.25) is 4.79 Å². The van der Waals surface area contributed by atoms with Gasteiger partial charge < -0.3 is 15.1 Å². The smallest absolute Gasteiger partial charge is 0.367 e. The van der Waals surface area contributed by atoms with Crippen LogP contribution in [0.1, 0.15) is 20.9 Å². The number of likely N-dealkylation sites (N-methyl/N-ethyl adjacent to an activating group) is 1. The fourth-order valence-electron chi connectivity index (χ4n) is 3.64. The maximum absolute atomic E-state index is 13.4. The molecule has 1 N–H and O–H groups in total. The quantitative estimate of drug-likeness (QED) is 0.519. The number of carbonyl (C=O) groups is 1. The average Bonchev–Trinajstić information content (AvgIpc) is 3.16. The molecule has 0 radical (unpaired) electrons. The fraction of sp³-hybridized carbons (Fsp3) is 0.304. The van der Waals surface area contributed by atoms with Crippen molar-refractivity contribution in [1.82, 2.24) is 9.88 Å². The second kappa shape index (κ2) is 9.11. The van der Waals surface area contributed by atoms with Crippen molar-refractivity contribution in [1.29, 1.82) is 0 Å². The van der Waals surface area contributed by atoms with E-state index in [1.807, 2.05) is 11.9 Å². The van der Waals surface area contributed by atoms with Gasteiger partial charge in [0.15, 0.2) is 0 Å². The molecule has 0 atom stereocenters. The molecule has 1 saturated heterocycles. The maximum atomic E-state index is 13.4. The van der Waals surface area contributed by atoms with Crippen LogP contribution in [0.5, 0.6) is 0 Å². The van der Waals surface area contributed by atoms with E-state index in [1.54, 1.807) is 19.1 Å². The van der Waals surface area contributed by atoms with Crippen LogP contribution in [0.15, 0.2) is 42.5 Å². The molecule has 10 heteroatoms. The molecule has 1 aliphatic heterocycles. The monoisotopic (exact) mass is 478 g/mol. The first-order valence-corrected chi connectivity index (χ1v) is 11.1. The zero-order chi connectivity index (χ0) is 23.8. The van der Waals surface area contributed by atoms with Crippen LogP contribution in [0.4, 0.5) is 28.9 Å². The van der Waals surface area contributed by atoms with Crippen LogP contribution in [-0.4, -0.2) is 49.0 Å². The van der Waals surface area contributed by atoms with Crippen LogP contribution >= 0.6 is 11.3 Å². The van der Waals surface area contributed by atoms with E-state index >= 15 is 0 Å². The number of hydrogen-bond donors (Lipinski definition) is 1. The number of aromatic nitrogens is 1. The van der Waals surface area contributed by atoms with Gasteiger partial charge in [-0.2, -0.15) is 13.2 Å². The van der Waals surface area contributed by atoms with E-state index in [0.717, 1.165) is 36.6 Å². The number of carbonyl (C=O) groups excluding carboxylic acids is 1. The third kappa shape index (κ3) is 5.17. The standard InChI is InChI=1S/C23H22F4N4OS/c1-14-20(33-22(28-14)15-3-6-17(24)7-4-15)21(32)29-18-13-16(23(25,26)27)5-8-19(18)31-11-9-30(2)10-12-31/h3-8,13H,9-12H2,1-2H3,(H,29,32). The number of rotatable bonds is 4. The summed E-state index contributed by atoms with van der Waals surface area (Å²) in [6.45, 7) is 4.47. The van der Waals surface area contributed by atoms with Crippen molar-refractivity contribution in [2.75, 3.05) is 43.4 Å². The Labute approximate surface area is 192 Å². The Morgan fingerprint density at radius 3 is 2.36 bits per heavy atom. The lowest BCUT2D eigenvalue weighted by Gasteiger charge is -2.35. The first kappa shape index (κ1) is 23.2. The second-order valence-electron chi connectivity index (χ2n) is 7.91. The van der Waals surface area contributed by atoms with Crippen LogP contribution < -0.4 is 10.2 Å². The summed E-state index contributed by atoms with van der Waals surface area (Å²) in [5, 5.41) is 3.21. The zero-order valence-corrected chi connectivity index (χ0v) is 18.9. The van der Waals surface area contributed by atoms with Gasteiger partial charge in [-0.05, 0) is 56.4 Å². The Morgan fingerprint density at radius 1 is 1.06 bits per heavy atom. The van der Waals surface area contributed by atoms with Crippen LogP contribution in [0.25, 0.3) is 10.6 Å². The Balaban J connectivity index is 1.64. The minimum atomic E-state index is -4.53. The lowest BCUT2D eigenvalue weighted by atomic mass is 10.1. The Kier molecular flexibility index (Phi) is 6.40. The minimum absolute atomic E-state index is 0.107. The molecule has 0 aliphatic carbocycles. The summed E-state index contributed by atoms with van der Waals surface area (Å²) in [7, 11) is 1.98. The summed E-state index contributed by atoms with van der Waals surface area (Å²) in [5.74, 6) is -0.918. The van der Waals surface area contributed by atoms with Gasteiger partial charge in [0.2, 0.25) is 0 Å². The van der Waals surface area contributed by atoms with E-state index in [-0.39, 0.29) is 16.4 Å². The summed E-state index contributed by atoms with van der Waals surface area (Å²) in [5.41, 5.74) is 0.926. The molecule has 1 fully saturated rings. The number of alkyl halides is 3. The molecule has 2 heterocycles. The number of hydrogen-bond acceptors (Lipinski definition) is 5. The van der Waals surface area contributed by atoms with Crippen molar-refractivity contribution < 1.29 is 22.4 Å². The van der Waals surface area contributed by atoms with E-state index in [9.17, 15) is 22.4 Å². The Morgan fingerprint density at radius 2 is 1.73 bits per heavy atom. The highest BCUT2D eigenvalue weighted by Gasteiger charge is 2.32. The molecule has 0 bridgehead atoms. The topological polar surface area (TPSA) is 48.5 Å². The fourth-order valence-corrected chi connectivity index (χ4v) is 4.60. The van der Waals surface area contributed by atoms with Crippen LogP contribution in [0, 0.1) is 12.7 Å². The largest absolute Gasteiger partial charge is 0.416 e. The van der Waals surface area contributed by atoms with Crippen molar-refractivity contribution in [2.45, 2.75) is 13.1 Å². The zero-order valence-electron chi connectivity index (χ0n) is 18.0. The van der Waals surface area contributed by atoms with Crippen molar-refractivity contribution in [3.8, 4) is 10.6 Å². The maximum Gasteiger partial charge on any atom is 0.416 e. The van der Waals surface area contributed by atoms with Crippen LogP contribution in [-0.2, 0) is 6.18 Å². The summed E-state index contributed by atoms with van der Waals surface area (Å²) in [6.07, 6.45) is -4.53. The molecule has 0 spiro atoms. The third-order valence-corrected chi connectivity index (χ3v) is 6.72. The van der Waals surface area contributed by atoms with Gasteiger partial charge in [0.25, 0.3) is 5.91 Å². The van der Waals surface area contributed by atoms with E-state index in [1.165, 1.54) is 18.2 Å². The highest BCUT2D eigenvalue weighted by Crippen LogP contribution is 2.37. The molecule has 1 aliphatic rings. The molecule has 33 heavy (non-hydrogen) atoms. The number of thiazole rings is 1. The predicted molar refractivity (Wildman–Crippen MR) is 121 cm³/mol. The number of benzene rings is 2. The van der Waals surface area contributed by atoms with E-state index < -0.39 is 17.6 Å². The highest BCUT2D eigenvalue weighted by atomic mass is 32.1. The van der Waals surface area contributed by atoms with Crippen molar-refractivity contribution >= 4 is 28.6 Å². The predicted octanol–water partition coefficient (Wildman–Crippen LogP) is 5.28. The first-order chi connectivity index (χ1) is 15.6. The lowest BCUT2D eigenvalue weighted by molar-refractivity contribution is -0.137. The normalized spacial score (nSPS) is 15.0. The average molecular weight is 479 g/mol. The van der Waals surface area contributed by atoms with Crippen LogP contribution in [0.3, 0.4) is 0 Å². The van der Waals surface area contributed by atoms with Crippen molar-refractivity contribution in [3.05, 3.63) is 64.4 Å². The molecule has 1 amide bonds. The van der Waals surface area contributed by atoms with Gasteiger partial charge in [-0.15, -0.1) is 11.3 Å². The number of nitrogens with one attached hydrogen (secondary N) is 1. The Hall–Kier alpha value is -2.98. The molecule has 5 nitrogen and oxygen atoms in total. The van der Waals surface area contributed by atoms with Gasteiger partial charge in [0.1, 0.15) is 15.7 Å². The molecule has 0 unspecified atom stereocenters.